The molecule has 0 radical (unpaired) electrons. The van der Waals surface area contributed by atoms with Gasteiger partial charge >= 0.3 is 0 Å². The Morgan fingerprint density at radius 1 is 1.10 bits per heavy atom. The maximum Gasteiger partial charge on any atom is 0.191 e. The number of nitrogens with one attached hydrogen (secondary N) is 2. The monoisotopic (exact) mass is 295 g/mol. The van der Waals surface area contributed by atoms with Gasteiger partial charge in [0.2, 0.25) is 0 Å². The summed E-state index contributed by atoms with van der Waals surface area (Å²) in [6.07, 6.45) is 12.0. The van der Waals surface area contributed by atoms with Gasteiger partial charge in [0.25, 0.3) is 0 Å². The van der Waals surface area contributed by atoms with Gasteiger partial charge in [0.05, 0.1) is 6.10 Å². The van der Waals surface area contributed by atoms with Crippen LogP contribution in [0, 0.1) is 5.92 Å². The number of hydrogen-bond acceptors (Lipinski definition) is 2. The highest BCUT2D eigenvalue weighted by Gasteiger charge is 2.18. The molecule has 2 fully saturated rings. The van der Waals surface area contributed by atoms with Crippen LogP contribution in [0.5, 0.6) is 0 Å². The van der Waals surface area contributed by atoms with E-state index in [1.165, 1.54) is 51.4 Å². The SMILES string of the molecule is CN=C(NCCCOC1CCCC1)NC1CCC(C)CC1. The fourth-order valence-electron chi connectivity index (χ4n) is 3.38. The fraction of sp³-hybridized carbons (Fsp3) is 0.941. The minimum atomic E-state index is 0.534. The Hall–Kier alpha value is -0.770. The normalized spacial score (nSPS) is 27.8. The molecule has 122 valence electrons. The molecule has 0 atom stereocenters. The minimum Gasteiger partial charge on any atom is -0.378 e. The highest BCUT2D eigenvalue weighted by Crippen LogP contribution is 2.23. The molecule has 2 saturated carbocycles. The molecule has 2 N–H and O–H groups in total. The van der Waals surface area contributed by atoms with E-state index in [0.29, 0.717) is 12.1 Å². The highest BCUT2D eigenvalue weighted by molar-refractivity contribution is 5.79. The molecular formula is C17H33N3O. The third-order valence-corrected chi connectivity index (χ3v) is 4.85. The average Bonchev–Trinajstić information content (AvgIpc) is 3.01. The van der Waals surface area contributed by atoms with Crippen molar-refractivity contribution in [2.24, 2.45) is 10.9 Å². The topological polar surface area (TPSA) is 45.7 Å². The average molecular weight is 295 g/mol. The molecule has 0 spiro atoms. The molecule has 2 aliphatic rings. The predicted octanol–water partition coefficient (Wildman–Crippen LogP) is 3.08. The van der Waals surface area contributed by atoms with Crippen LogP contribution in [0.15, 0.2) is 4.99 Å². The van der Waals surface area contributed by atoms with E-state index in [4.69, 9.17) is 4.74 Å². The van der Waals surface area contributed by atoms with Crippen LogP contribution in [0.1, 0.15) is 64.7 Å². The summed E-state index contributed by atoms with van der Waals surface area (Å²) >= 11 is 0. The van der Waals surface area contributed by atoms with E-state index in [1.807, 2.05) is 7.05 Å². The fourth-order valence-corrected chi connectivity index (χ4v) is 3.38. The van der Waals surface area contributed by atoms with Gasteiger partial charge in [0.15, 0.2) is 5.96 Å². The first-order valence-electron chi connectivity index (χ1n) is 8.86. The second-order valence-electron chi connectivity index (χ2n) is 6.73. The second kappa shape index (κ2) is 9.29. The van der Waals surface area contributed by atoms with Gasteiger partial charge in [0.1, 0.15) is 0 Å². The van der Waals surface area contributed by atoms with E-state index >= 15 is 0 Å². The summed E-state index contributed by atoms with van der Waals surface area (Å²) in [7, 11) is 1.86. The molecule has 4 nitrogen and oxygen atoms in total. The summed E-state index contributed by atoms with van der Waals surface area (Å²) in [5, 5.41) is 6.97. The predicted molar refractivity (Wildman–Crippen MR) is 88.7 cm³/mol. The molecular weight excluding hydrogens is 262 g/mol. The third kappa shape index (κ3) is 6.25. The number of hydrogen-bond donors (Lipinski definition) is 2. The Kier molecular flexibility index (Phi) is 7.34. The Morgan fingerprint density at radius 3 is 2.48 bits per heavy atom. The first kappa shape index (κ1) is 16.6. The zero-order chi connectivity index (χ0) is 14.9. The van der Waals surface area contributed by atoms with E-state index in [-0.39, 0.29) is 0 Å². The summed E-state index contributed by atoms with van der Waals surface area (Å²) in [6, 6.07) is 0.599. The molecule has 0 aromatic carbocycles. The van der Waals surface area contributed by atoms with E-state index in [0.717, 1.165) is 31.4 Å². The van der Waals surface area contributed by atoms with E-state index < -0.39 is 0 Å². The molecule has 2 rings (SSSR count). The molecule has 0 aromatic heterocycles. The van der Waals surface area contributed by atoms with Crippen LogP contribution < -0.4 is 10.6 Å². The van der Waals surface area contributed by atoms with Crippen molar-refractivity contribution < 1.29 is 4.74 Å². The van der Waals surface area contributed by atoms with E-state index in [2.05, 4.69) is 22.5 Å². The summed E-state index contributed by atoms with van der Waals surface area (Å²) in [6.45, 7) is 4.17. The van der Waals surface area contributed by atoms with Gasteiger partial charge in [-0.1, -0.05) is 19.8 Å². The Bertz CT molecular complexity index is 305. The van der Waals surface area contributed by atoms with Gasteiger partial charge in [0, 0.05) is 26.2 Å². The van der Waals surface area contributed by atoms with Crippen molar-refractivity contribution in [2.75, 3.05) is 20.2 Å². The lowest BCUT2D eigenvalue weighted by Gasteiger charge is -2.28. The first-order valence-corrected chi connectivity index (χ1v) is 8.86. The zero-order valence-electron chi connectivity index (χ0n) is 13.9. The minimum absolute atomic E-state index is 0.534. The highest BCUT2D eigenvalue weighted by atomic mass is 16.5. The van der Waals surface area contributed by atoms with Gasteiger partial charge in [-0.3, -0.25) is 4.99 Å². The maximum atomic E-state index is 5.88. The molecule has 0 saturated heterocycles. The Morgan fingerprint density at radius 2 is 1.81 bits per heavy atom. The summed E-state index contributed by atoms with van der Waals surface area (Å²) in [5.41, 5.74) is 0. The standard InChI is InChI=1S/C17H33N3O/c1-14-8-10-15(11-9-14)20-17(18-2)19-12-5-13-21-16-6-3-4-7-16/h14-16H,3-13H2,1-2H3,(H2,18,19,20). The summed E-state index contributed by atoms with van der Waals surface area (Å²) in [5.74, 6) is 1.85. The van der Waals surface area contributed by atoms with E-state index in [9.17, 15) is 0 Å². The molecule has 0 bridgehead atoms. The van der Waals surface area contributed by atoms with Crippen molar-refractivity contribution in [3.8, 4) is 0 Å². The third-order valence-electron chi connectivity index (χ3n) is 4.85. The van der Waals surface area contributed by atoms with Crippen molar-refractivity contribution in [1.29, 1.82) is 0 Å². The number of rotatable bonds is 6. The smallest absolute Gasteiger partial charge is 0.191 e. The molecule has 0 aliphatic heterocycles. The molecule has 0 amide bonds. The van der Waals surface area contributed by atoms with Crippen molar-refractivity contribution in [2.45, 2.75) is 76.9 Å². The van der Waals surface area contributed by atoms with Crippen LogP contribution in [-0.4, -0.2) is 38.3 Å². The lowest BCUT2D eigenvalue weighted by Crippen LogP contribution is -2.45. The largest absolute Gasteiger partial charge is 0.378 e. The van der Waals surface area contributed by atoms with Crippen molar-refractivity contribution >= 4 is 5.96 Å². The molecule has 2 aliphatic carbocycles. The van der Waals surface area contributed by atoms with Crippen LogP contribution in [-0.2, 0) is 4.74 Å². The molecule has 21 heavy (non-hydrogen) atoms. The van der Waals surface area contributed by atoms with Crippen molar-refractivity contribution in [1.82, 2.24) is 10.6 Å². The van der Waals surface area contributed by atoms with Gasteiger partial charge in [-0.2, -0.15) is 0 Å². The summed E-state index contributed by atoms with van der Waals surface area (Å²) < 4.78 is 5.88. The van der Waals surface area contributed by atoms with Gasteiger partial charge in [-0.05, 0) is 50.9 Å². The van der Waals surface area contributed by atoms with Crippen LogP contribution in [0.25, 0.3) is 0 Å². The Labute approximate surface area is 130 Å². The van der Waals surface area contributed by atoms with E-state index in [1.54, 1.807) is 0 Å². The molecule has 4 heteroatoms. The lowest BCUT2D eigenvalue weighted by molar-refractivity contribution is 0.0574. The summed E-state index contributed by atoms with van der Waals surface area (Å²) in [4.78, 5) is 4.33. The molecule has 0 unspecified atom stereocenters. The lowest BCUT2D eigenvalue weighted by atomic mass is 9.87. The molecule has 0 aromatic rings. The van der Waals surface area contributed by atoms with Crippen LogP contribution >= 0.6 is 0 Å². The van der Waals surface area contributed by atoms with Gasteiger partial charge in [-0.25, -0.2) is 0 Å². The van der Waals surface area contributed by atoms with Crippen molar-refractivity contribution in [3.63, 3.8) is 0 Å². The maximum absolute atomic E-state index is 5.88. The quantitative estimate of drug-likeness (QED) is 0.450. The van der Waals surface area contributed by atoms with Gasteiger partial charge < -0.3 is 15.4 Å². The number of ether oxygens (including phenoxy) is 1. The number of guanidine groups is 1. The first-order chi connectivity index (χ1) is 10.3. The number of nitrogens with zero attached hydrogens (tertiary/aromatic N) is 1. The van der Waals surface area contributed by atoms with Crippen LogP contribution in [0.3, 0.4) is 0 Å². The molecule has 0 heterocycles. The van der Waals surface area contributed by atoms with Gasteiger partial charge in [-0.15, -0.1) is 0 Å². The van der Waals surface area contributed by atoms with Crippen LogP contribution in [0.4, 0.5) is 0 Å². The number of aliphatic imine (C=N–C) groups is 1. The van der Waals surface area contributed by atoms with Crippen LogP contribution in [0.2, 0.25) is 0 Å². The van der Waals surface area contributed by atoms with Crippen molar-refractivity contribution in [3.05, 3.63) is 0 Å². The second-order valence-corrected chi connectivity index (χ2v) is 6.73. The Balaban J connectivity index is 1.53. The zero-order valence-corrected chi connectivity index (χ0v) is 13.9.